The van der Waals surface area contributed by atoms with E-state index in [2.05, 4.69) is 16.4 Å². The third-order valence-electron chi connectivity index (χ3n) is 6.70. The first-order valence-corrected chi connectivity index (χ1v) is 10.7. The average molecular weight is 378 g/mol. The van der Waals surface area contributed by atoms with Gasteiger partial charge in [0.1, 0.15) is 15.7 Å². The topological polar surface area (TPSA) is 65.8 Å². The second-order valence-electron chi connectivity index (χ2n) is 8.64. The summed E-state index contributed by atoms with van der Waals surface area (Å²) in [6.45, 7) is 0. The van der Waals surface area contributed by atoms with Crippen molar-refractivity contribution in [1.29, 1.82) is 5.26 Å². The molecule has 4 fully saturated rings. The Morgan fingerprint density at radius 3 is 2.37 bits per heavy atom. The molecule has 1 N–H and O–H groups in total. The van der Waals surface area contributed by atoms with Crippen molar-refractivity contribution >= 4 is 22.2 Å². The zero-order valence-corrected chi connectivity index (χ0v) is 16.1. The highest BCUT2D eigenvalue weighted by atomic mass is 32.1. The van der Waals surface area contributed by atoms with Crippen LogP contribution < -0.4 is 5.32 Å². The minimum Gasteiger partial charge on any atom is -0.315 e. The molecular weight excluding hydrogens is 354 g/mol. The van der Waals surface area contributed by atoms with Gasteiger partial charge in [-0.25, -0.2) is 4.98 Å². The number of amides is 1. The number of nitrogens with zero attached hydrogens (tertiary/aromatic N) is 2. The first kappa shape index (κ1) is 16.9. The highest BCUT2D eigenvalue weighted by Crippen LogP contribution is 2.60. The van der Waals surface area contributed by atoms with Crippen LogP contribution in [0.5, 0.6) is 0 Å². The Morgan fingerprint density at radius 2 is 1.78 bits per heavy atom. The second-order valence-corrected chi connectivity index (χ2v) is 9.72. The molecule has 4 nitrogen and oxygen atoms in total. The molecule has 138 valence electrons. The van der Waals surface area contributed by atoms with Crippen molar-refractivity contribution in [2.24, 2.45) is 23.2 Å². The molecule has 27 heavy (non-hydrogen) atoms. The molecule has 4 bridgehead atoms. The molecule has 1 heterocycles. The summed E-state index contributed by atoms with van der Waals surface area (Å²) in [5.41, 5.74) is 1.60. The molecule has 4 saturated carbocycles. The van der Waals surface area contributed by atoms with Crippen molar-refractivity contribution in [2.75, 3.05) is 5.32 Å². The summed E-state index contributed by atoms with van der Waals surface area (Å²) in [6.07, 6.45) is 7.41. The Kier molecular flexibility index (Phi) is 4.05. The second kappa shape index (κ2) is 6.45. The maximum atomic E-state index is 13.4. The quantitative estimate of drug-likeness (QED) is 0.812. The molecule has 0 spiro atoms. The SMILES string of the molecule is N#CCc1nc(-c2ccccc2)c(NC(=O)C23CC4CC(CC(C4)C2)C3)s1. The number of carbonyl (C=O) groups is 1. The number of anilines is 1. The van der Waals surface area contributed by atoms with Crippen LogP contribution in [0.1, 0.15) is 43.5 Å². The first-order chi connectivity index (χ1) is 13.1. The Morgan fingerprint density at radius 1 is 1.15 bits per heavy atom. The molecule has 0 radical (unpaired) electrons. The smallest absolute Gasteiger partial charge is 0.231 e. The van der Waals surface area contributed by atoms with E-state index in [1.54, 1.807) is 0 Å². The van der Waals surface area contributed by atoms with Crippen LogP contribution in [-0.2, 0) is 11.2 Å². The van der Waals surface area contributed by atoms with Crippen LogP contribution in [0.3, 0.4) is 0 Å². The predicted octanol–water partition coefficient (Wildman–Crippen LogP) is 5.03. The molecule has 0 saturated heterocycles. The van der Waals surface area contributed by atoms with E-state index < -0.39 is 0 Å². The molecule has 0 atom stereocenters. The van der Waals surface area contributed by atoms with E-state index >= 15 is 0 Å². The number of hydrogen-bond acceptors (Lipinski definition) is 4. The molecule has 1 aromatic heterocycles. The van der Waals surface area contributed by atoms with Crippen molar-refractivity contribution in [3.63, 3.8) is 0 Å². The van der Waals surface area contributed by atoms with Crippen molar-refractivity contribution in [3.05, 3.63) is 35.3 Å². The third kappa shape index (κ3) is 2.96. The normalized spacial score (nSPS) is 30.9. The summed E-state index contributed by atoms with van der Waals surface area (Å²) in [5.74, 6) is 2.41. The van der Waals surface area contributed by atoms with Gasteiger partial charge in [-0.1, -0.05) is 41.7 Å². The zero-order valence-electron chi connectivity index (χ0n) is 15.3. The van der Waals surface area contributed by atoms with Gasteiger partial charge >= 0.3 is 0 Å². The summed E-state index contributed by atoms with van der Waals surface area (Å²) >= 11 is 1.45. The molecule has 4 aliphatic carbocycles. The van der Waals surface area contributed by atoms with Crippen LogP contribution in [0.2, 0.25) is 0 Å². The van der Waals surface area contributed by atoms with Gasteiger partial charge < -0.3 is 5.32 Å². The summed E-state index contributed by atoms with van der Waals surface area (Å²) in [6, 6.07) is 12.1. The highest BCUT2D eigenvalue weighted by Gasteiger charge is 2.54. The lowest BCUT2D eigenvalue weighted by Crippen LogP contribution is -2.51. The monoisotopic (exact) mass is 377 g/mol. The number of hydrogen-bond donors (Lipinski definition) is 1. The molecule has 4 aliphatic rings. The van der Waals surface area contributed by atoms with Gasteiger partial charge in [0, 0.05) is 5.56 Å². The van der Waals surface area contributed by atoms with E-state index in [1.807, 2.05) is 30.3 Å². The number of aromatic nitrogens is 1. The van der Waals surface area contributed by atoms with Crippen LogP contribution in [0.25, 0.3) is 11.3 Å². The van der Waals surface area contributed by atoms with Crippen LogP contribution in [0, 0.1) is 34.5 Å². The van der Waals surface area contributed by atoms with Crippen molar-refractivity contribution in [2.45, 2.75) is 44.9 Å². The fourth-order valence-electron chi connectivity index (χ4n) is 6.01. The van der Waals surface area contributed by atoms with Gasteiger partial charge in [-0.15, -0.1) is 0 Å². The number of nitrogens with one attached hydrogen (secondary N) is 1. The Hall–Kier alpha value is -2.19. The van der Waals surface area contributed by atoms with E-state index in [1.165, 1.54) is 30.6 Å². The summed E-state index contributed by atoms with van der Waals surface area (Å²) < 4.78 is 0. The summed E-state index contributed by atoms with van der Waals surface area (Å²) in [4.78, 5) is 18.1. The first-order valence-electron chi connectivity index (χ1n) is 9.89. The molecule has 5 heteroatoms. The van der Waals surface area contributed by atoms with Crippen molar-refractivity contribution in [1.82, 2.24) is 4.98 Å². The van der Waals surface area contributed by atoms with Gasteiger partial charge in [-0.3, -0.25) is 4.79 Å². The maximum absolute atomic E-state index is 13.4. The summed E-state index contributed by atoms with van der Waals surface area (Å²) in [7, 11) is 0. The minimum atomic E-state index is -0.178. The molecule has 1 aromatic carbocycles. The van der Waals surface area contributed by atoms with E-state index in [0.29, 0.717) is 0 Å². The van der Waals surface area contributed by atoms with Crippen LogP contribution in [0.15, 0.2) is 30.3 Å². The van der Waals surface area contributed by atoms with Crippen molar-refractivity contribution in [3.8, 4) is 17.3 Å². The summed E-state index contributed by atoms with van der Waals surface area (Å²) in [5, 5.41) is 13.9. The average Bonchev–Trinajstić information content (AvgIpc) is 3.04. The van der Waals surface area contributed by atoms with Gasteiger partial charge in [0.05, 0.1) is 17.9 Å². The Bertz CT molecular complexity index is 876. The number of carbonyl (C=O) groups excluding carboxylic acids is 1. The molecular formula is C22H23N3OS. The Labute approximate surface area is 163 Å². The lowest BCUT2D eigenvalue weighted by atomic mass is 9.49. The van der Waals surface area contributed by atoms with Gasteiger partial charge in [-0.05, 0) is 56.3 Å². The van der Waals surface area contributed by atoms with E-state index in [9.17, 15) is 4.79 Å². The molecule has 2 aromatic rings. The Balaban J connectivity index is 1.45. The lowest BCUT2D eigenvalue weighted by Gasteiger charge is -2.55. The fourth-order valence-corrected chi connectivity index (χ4v) is 6.92. The van der Waals surface area contributed by atoms with E-state index in [0.717, 1.165) is 58.3 Å². The van der Waals surface area contributed by atoms with Crippen LogP contribution >= 0.6 is 11.3 Å². The van der Waals surface area contributed by atoms with Gasteiger partial charge in [0.25, 0.3) is 0 Å². The fraction of sp³-hybridized carbons (Fsp3) is 0.500. The maximum Gasteiger partial charge on any atom is 0.231 e. The van der Waals surface area contributed by atoms with Crippen LogP contribution in [0.4, 0.5) is 5.00 Å². The number of nitriles is 1. The number of rotatable bonds is 4. The van der Waals surface area contributed by atoms with Gasteiger partial charge in [0.2, 0.25) is 5.91 Å². The zero-order chi connectivity index (χ0) is 18.4. The van der Waals surface area contributed by atoms with Crippen molar-refractivity contribution < 1.29 is 4.79 Å². The molecule has 0 unspecified atom stereocenters. The molecule has 1 amide bonds. The molecule has 0 aliphatic heterocycles. The minimum absolute atomic E-state index is 0.178. The lowest BCUT2D eigenvalue weighted by molar-refractivity contribution is -0.140. The predicted molar refractivity (Wildman–Crippen MR) is 106 cm³/mol. The largest absolute Gasteiger partial charge is 0.315 e. The van der Waals surface area contributed by atoms with E-state index in [-0.39, 0.29) is 17.7 Å². The van der Waals surface area contributed by atoms with Gasteiger partial charge in [-0.2, -0.15) is 5.26 Å². The molecule has 6 rings (SSSR count). The number of benzene rings is 1. The number of thiazole rings is 1. The standard InChI is InChI=1S/C22H23N3OS/c23-7-6-18-24-19(17-4-2-1-3-5-17)20(27-18)25-21(26)22-11-14-8-15(12-22)10-16(9-14)13-22/h1-5,14-16H,6,8-13H2,(H,25,26). The third-order valence-corrected chi connectivity index (χ3v) is 7.67. The van der Waals surface area contributed by atoms with E-state index in [4.69, 9.17) is 5.26 Å². The van der Waals surface area contributed by atoms with Gasteiger partial charge in [0.15, 0.2) is 0 Å². The van der Waals surface area contributed by atoms with Crippen LogP contribution in [-0.4, -0.2) is 10.9 Å². The highest BCUT2D eigenvalue weighted by molar-refractivity contribution is 7.16.